The van der Waals surface area contributed by atoms with Gasteiger partial charge in [0, 0.05) is 36.4 Å². The van der Waals surface area contributed by atoms with Gasteiger partial charge in [0.05, 0.1) is 22.6 Å². The van der Waals surface area contributed by atoms with E-state index in [1.165, 1.54) is 0 Å². The van der Waals surface area contributed by atoms with Gasteiger partial charge in [-0.3, -0.25) is 0 Å². The Hall–Kier alpha value is -3.40. The normalized spacial score (nSPS) is 13.9. The molecular weight excluding hydrogens is 486 g/mol. The van der Waals surface area contributed by atoms with Crippen LogP contribution in [0.5, 0.6) is 0 Å². The van der Waals surface area contributed by atoms with E-state index < -0.39 is 6.04 Å². The SMILES string of the molecule is [2H]c1c([2H])c([2H])c(-n2c3ccccc3c3cc(-c4ccc(Br)cc4)c4c5ccccc5sc4c32)c([2H])c1[2H]. The monoisotopic (exact) mass is 508 g/mol. The van der Waals surface area contributed by atoms with Crippen LogP contribution in [0.15, 0.2) is 114 Å². The van der Waals surface area contributed by atoms with Crippen molar-refractivity contribution in [2.45, 2.75) is 0 Å². The number of thiophene rings is 1. The maximum absolute atomic E-state index is 8.78. The topological polar surface area (TPSA) is 4.93 Å². The maximum Gasteiger partial charge on any atom is 0.0720 e. The second-order valence-corrected chi connectivity index (χ2v) is 9.92. The number of aromatic nitrogens is 1. The fourth-order valence-corrected chi connectivity index (χ4v) is 6.31. The zero-order valence-corrected chi connectivity index (χ0v) is 19.6. The Bertz CT molecular complexity index is 2060. The van der Waals surface area contributed by atoms with Crippen LogP contribution in [-0.2, 0) is 0 Å². The van der Waals surface area contributed by atoms with E-state index >= 15 is 0 Å². The molecule has 0 fully saturated rings. The quantitative estimate of drug-likeness (QED) is 0.219. The first-order valence-electron chi connectivity index (χ1n) is 13.1. The van der Waals surface area contributed by atoms with Crippen molar-refractivity contribution in [3.8, 4) is 16.8 Å². The van der Waals surface area contributed by atoms with Crippen molar-refractivity contribution in [2.24, 2.45) is 0 Å². The fourth-order valence-electron chi connectivity index (χ4n) is 4.78. The average molecular weight is 509 g/mol. The number of para-hydroxylation sites is 2. The Labute approximate surface area is 210 Å². The van der Waals surface area contributed by atoms with Gasteiger partial charge in [0.25, 0.3) is 0 Å². The van der Waals surface area contributed by atoms with Gasteiger partial charge in [-0.2, -0.15) is 0 Å². The standard InChI is InChI=1S/C30H18BrNS/c31-20-16-14-19(15-17-20)24-18-25-22-10-4-6-12-26(22)32(21-8-2-1-3-9-21)29(25)30-28(24)23-11-5-7-13-27(23)33-30/h1-18H/i1D,2D,3D,8D,9D. The van der Waals surface area contributed by atoms with Crippen molar-refractivity contribution in [1.82, 2.24) is 4.57 Å². The van der Waals surface area contributed by atoms with E-state index in [2.05, 4.69) is 46.3 Å². The third kappa shape index (κ3) is 2.83. The van der Waals surface area contributed by atoms with Crippen LogP contribution in [0.4, 0.5) is 0 Å². The van der Waals surface area contributed by atoms with E-state index in [0.29, 0.717) is 0 Å². The average Bonchev–Trinajstić information content (AvgIpc) is 3.48. The highest BCUT2D eigenvalue weighted by Gasteiger charge is 2.20. The molecule has 3 heteroatoms. The summed E-state index contributed by atoms with van der Waals surface area (Å²) < 4.78 is 47.4. The summed E-state index contributed by atoms with van der Waals surface area (Å²) in [5, 5.41) is 4.17. The Morgan fingerprint density at radius 2 is 1.48 bits per heavy atom. The number of fused-ring (bicyclic) bond motifs is 7. The Morgan fingerprint density at radius 1 is 0.758 bits per heavy atom. The lowest BCUT2D eigenvalue weighted by Gasteiger charge is -2.11. The third-order valence-electron chi connectivity index (χ3n) is 6.15. The van der Waals surface area contributed by atoms with Crippen LogP contribution in [0, 0.1) is 0 Å². The number of benzene rings is 5. The largest absolute Gasteiger partial charge is 0.308 e. The van der Waals surface area contributed by atoms with Crippen molar-refractivity contribution in [3.05, 3.63) is 114 Å². The first kappa shape index (κ1) is 14.7. The number of hydrogen-bond acceptors (Lipinski definition) is 1. The van der Waals surface area contributed by atoms with Crippen LogP contribution in [0.2, 0.25) is 0 Å². The molecule has 0 aliphatic carbocycles. The number of nitrogens with zero attached hydrogens (tertiary/aromatic N) is 1. The van der Waals surface area contributed by atoms with E-state index in [9.17, 15) is 0 Å². The molecule has 156 valence electrons. The molecule has 0 N–H and O–H groups in total. The van der Waals surface area contributed by atoms with Crippen LogP contribution in [-0.4, -0.2) is 4.57 Å². The summed E-state index contributed by atoms with van der Waals surface area (Å²) in [6.45, 7) is 0. The summed E-state index contributed by atoms with van der Waals surface area (Å²) in [5.41, 5.74) is 4.00. The van der Waals surface area contributed by atoms with Crippen LogP contribution >= 0.6 is 27.3 Å². The van der Waals surface area contributed by atoms with Crippen LogP contribution in [0.25, 0.3) is 58.8 Å². The van der Waals surface area contributed by atoms with Gasteiger partial charge in [0.15, 0.2) is 0 Å². The predicted octanol–water partition coefficient (Wildman–Crippen LogP) is 9.58. The Balaban J connectivity index is 1.77. The maximum atomic E-state index is 8.78. The highest BCUT2D eigenvalue weighted by Crippen LogP contribution is 2.47. The molecule has 0 unspecified atom stereocenters. The lowest BCUT2D eigenvalue weighted by Crippen LogP contribution is -1.93. The summed E-state index contributed by atoms with van der Waals surface area (Å²) in [4.78, 5) is 0. The third-order valence-corrected chi connectivity index (χ3v) is 7.85. The van der Waals surface area contributed by atoms with Crippen LogP contribution in [0.3, 0.4) is 0 Å². The summed E-state index contributed by atoms with van der Waals surface area (Å²) in [5.74, 6) is 0. The van der Waals surface area contributed by atoms with Crippen molar-refractivity contribution >= 4 is 69.2 Å². The van der Waals surface area contributed by atoms with E-state index in [4.69, 9.17) is 6.85 Å². The summed E-state index contributed by atoms with van der Waals surface area (Å²) >= 11 is 5.22. The lowest BCUT2D eigenvalue weighted by atomic mass is 9.97. The highest BCUT2D eigenvalue weighted by molar-refractivity contribution is 9.10. The van der Waals surface area contributed by atoms with Gasteiger partial charge in [-0.15, -0.1) is 11.3 Å². The summed E-state index contributed by atoms with van der Waals surface area (Å²) in [7, 11) is 0. The molecule has 0 saturated heterocycles. The fraction of sp³-hybridized carbons (Fsp3) is 0. The predicted molar refractivity (Wildman–Crippen MR) is 147 cm³/mol. The van der Waals surface area contributed by atoms with E-state index in [0.717, 1.165) is 57.6 Å². The van der Waals surface area contributed by atoms with Gasteiger partial charge in [-0.25, -0.2) is 0 Å². The molecule has 0 radical (unpaired) electrons. The van der Waals surface area contributed by atoms with Crippen molar-refractivity contribution < 1.29 is 6.85 Å². The molecule has 0 spiro atoms. The van der Waals surface area contributed by atoms with Gasteiger partial charge in [0.1, 0.15) is 0 Å². The molecule has 0 saturated carbocycles. The first-order valence-corrected chi connectivity index (χ1v) is 12.2. The molecule has 0 atom stereocenters. The molecule has 7 rings (SSSR count). The first-order chi connectivity index (χ1) is 18.4. The molecule has 0 amide bonds. The minimum atomic E-state index is -0.394. The van der Waals surface area contributed by atoms with Crippen molar-refractivity contribution in [2.75, 3.05) is 0 Å². The molecule has 5 aromatic carbocycles. The molecule has 0 bridgehead atoms. The van der Waals surface area contributed by atoms with E-state index in [1.807, 2.05) is 53.1 Å². The number of hydrogen-bond donors (Lipinski definition) is 0. The van der Waals surface area contributed by atoms with Crippen LogP contribution < -0.4 is 0 Å². The van der Waals surface area contributed by atoms with Gasteiger partial charge in [0.2, 0.25) is 0 Å². The van der Waals surface area contributed by atoms with Gasteiger partial charge in [-0.05, 0) is 53.5 Å². The Kier molecular flexibility index (Phi) is 3.25. The number of rotatable bonds is 2. The second-order valence-electron chi connectivity index (χ2n) is 7.96. The summed E-state index contributed by atoms with van der Waals surface area (Å²) in [6.07, 6.45) is 0. The molecular formula is C30H18BrNS. The zero-order valence-electron chi connectivity index (χ0n) is 22.2. The smallest absolute Gasteiger partial charge is 0.0720 e. The number of halogens is 1. The lowest BCUT2D eigenvalue weighted by molar-refractivity contribution is 1.19. The van der Waals surface area contributed by atoms with Gasteiger partial charge in [-0.1, -0.05) is 82.6 Å². The minimum Gasteiger partial charge on any atom is -0.308 e. The molecule has 1 nitrogen and oxygen atoms in total. The molecule has 0 aliphatic heterocycles. The second kappa shape index (κ2) is 7.31. The molecule has 7 aromatic rings. The van der Waals surface area contributed by atoms with E-state index in [1.54, 1.807) is 11.3 Å². The minimum absolute atomic E-state index is 0.164. The Morgan fingerprint density at radius 3 is 2.30 bits per heavy atom. The molecule has 33 heavy (non-hydrogen) atoms. The highest BCUT2D eigenvalue weighted by atomic mass is 79.9. The van der Waals surface area contributed by atoms with Crippen molar-refractivity contribution in [3.63, 3.8) is 0 Å². The van der Waals surface area contributed by atoms with Crippen molar-refractivity contribution in [1.29, 1.82) is 0 Å². The molecule has 2 heterocycles. The van der Waals surface area contributed by atoms with Crippen LogP contribution in [0.1, 0.15) is 6.85 Å². The van der Waals surface area contributed by atoms with Gasteiger partial charge < -0.3 is 4.57 Å². The molecule has 0 aliphatic rings. The molecule has 2 aromatic heterocycles. The zero-order chi connectivity index (χ0) is 26.3. The van der Waals surface area contributed by atoms with Gasteiger partial charge >= 0.3 is 0 Å². The summed E-state index contributed by atoms with van der Waals surface area (Å²) in [6, 6.07) is 25.1. The van der Waals surface area contributed by atoms with E-state index in [-0.39, 0.29) is 29.9 Å².